The molecule has 0 aliphatic carbocycles. The van der Waals surface area contributed by atoms with Crippen LogP contribution in [0.15, 0.2) is 22.7 Å². The highest BCUT2D eigenvalue weighted by molar-refractivity contribution is 9.10. The topological polar surface area (TPSA) is 12.0 Å². The van der Waals surface area contributed by atoms with E-state index in [1.54, 1.807) is 17.8 Å². The van der Waals surface area contributed by atoms with Crippen molar-refractivity contribution >= 4 is 27.7 Å². The van der Waals surface area contributed by atoms with Crippen molar-refractivity contribution in [2.24, 2.45) is 0 Å². The monoisotopic (exact) mass is 289 g/mol. The van der Waals surface area contributed by atoms with Gasteiger partial charge in [-0.1, -0.05) is 22.9 Å². The number of benzene rings is 1. The quantitative estimate of drug-likeness (QED) is 0.891. The molecular weight excluding hydrogens is 277 g/mol. The average molecular weight is 290 g/mol. The first kappa shape index (κ1) is 11.4. The molecule has 2 rings (SSSR count). The molecule has 0 amide bonds. The number of halogens is 2. The number of thioether (sulfide) groups is 1. The first-order valence-electron chi connectivity index (χ1n) is 5.03. The minimum absolute atomic E-state index is 0.104. The van der Waals surface area contributed by atoms with Gasteiger partial charge in [0.25, 0.3) is 0 Å². The van der Waals surface area contributed by atoms with Gasteiger partial charge in [-0.15, -0.1) is 11.8 Å². The molecule has 1 aromatic rings. The van der Waals surface area contributed by atoms with Gasteiger partial charge >= 0.3 is 0 Å². The van der Waals surface area contributed by atoms with Crippen molar-refractivity contribution in [1.82, 2.24) is 5.32 Å². The van der Waals surface area contributed by atoms with E-state index in [0.29, 0.717) is 6.04 Å². The van der Waals surface area contributed by atoms with Crippen LogP contribution in [0.3, 0.4) is 0 Å². The fourth-order valence-corrected chi connectivity index (χ4v) is 3.44. The molecule has 0 aromatic heterocycles. The van der Waals surface area contributed by atoms with Crippen molar-refractivity contribution in [3.05, 3.63) is 34.1 Å². The van der Waals surface area contributed by atoms with E-state index in [0.717, 1.165) is 22.2 Å². The lowest BCUT2D eigenvalue weighted by atomic mass is 10.2. The van der Waals surface area contributed by atoms with Crippen LogP contribution >= 0.6 is 27.7 Å². The van der Waals surface area contributed by atoms with Crippen LogP contribution in [0.25, 0.3) is 0 Å². The summed E-state index contributed by atoms with van der Waals surface area (Å²) in [6.07, 6.45) is 1.10. The van der Waals surface area contributed by atoms with E-state index >= 15 is 0 Å². The molecule has 0 saturated carbocycles. The van der Waals surface area contributed by atoms with Gasteiger partial charge in [-0.2, -0.15) is 0 Å². The maximum absolute atomic E-state index is 13.6. The molecule has 4 heteroatoms. The molecule has 2 atom stereocenters. The molecule has 82 valence electrons. The molecule has 1 saturated heterocycles. The van der Waals surface area contributed by atoms with Gasteiger partial charge in [0.1, 0.15) is 5.82 Å². The minimum Gasteiger partial charge on any atom is -0.298 e. The third-order valence-electron chi connectivity index (χ3n) is 2.58. The van der Waals surface area contributed by atoms with Gasteiger partial charge in [-0.05, 0) is 24.6 Å². The van der Waals surface area contributed by atoms with Crippen molar-refractivity contribution in [3.63, 3.8) is 0 Å². The third-order valence-corrected chi connectivity index (χ3v) is 4.40. The van der Waals surface area contributed by atoms with E-state index in [-0.39, 0.29) is 11.2 Å². The van der Waals surface area contributed by atoms with Gasteiger partial charge in [0, 0.05) is 21.8 Å². The SMILES string of the molecule is CCC1CSC(c2cc(Br)ccc2F)N1. The Balaban J connectivity index is 2.19. The fraction of sp³-hybridized carbons (Fsp3) is 0.455. The van der Waals surface area contributed by atoms with Gasteiger partial charge < -0.3 is 0 Å². The predicted octanol–water partition coefficient (Wildman–Crippen LogP) is 3.70. The standard InChI is InChI=1S/C11H13BrFNS/c1-2-8-6-15-11(14-8)9-5-7(12)3-4-10(9)13/h3-5,8,11,14H,2,6H2,1H3. The average Bonchev–Trinajstić information content (AvgIpc) is 2.70. The zero-order valence-electron chi connectivity index (χ0n) is 8.47. The van der Waals surface area contributed by atoms with Crippen LogP contribution in [0.1, 0.15) is 24.3 Å². The molecule has 0 radical (unpaired) electrons. The van der Waals surface area contributed by atoms with Crippen LogP contribution in [0.4, 0.5) is 4.39 Å². The Morgan fingerprint density at radius 2 is 2.40 bits per heavy atom. The molecule has 1 fully saturated rings. The number of nitrogens with one attached hydrogen (secondary N) is 1. The Hall–Kier alpha value is -0.0600. The Morgan fingerprint density at radius 3 is 3.07 bits per heavy atom. The normalized spacial score (nSPS) is 25.8. The molecule has 15 heavy (non-hydrogen) atoms. The Kier molecular flexibility index (Phi) is 3.69. The molecule has 1 aliphatic rings. The largest absolute Gasteiger partial charge is 0.298 e. The summed E-state index contributed by atoms with van der Waals surface area (Å²) in [5, 5.41) is 3.53. The van der Waals surface area contributed by atoms with Gasteiger partial charge in [-0.25, -0.2) is 4.39 Å². The molecule has 1 N–H and O–H groups in total. The Bertz CT molecular complexity index is 358. The third kappa shape index (κ3) is 2.55. The van der Waals surface area contributed by atoms with Gasteiger partial charge in [0.05, 0.1) is 5.37 Å². The summed E-state index contributed by atoms with van der Waals surface area (Å²) >= 11 is 5.15. The van der Waals surface area contributed by atoms with E-state index in [9.17, 15) is 4.39 Å². The highest BCUT2D eigenvalue weighted by atomic mass is 79.9. The first-order valence-corrected chi connectivity index (χ1v) is 6.87. The van der Waals surface area contributed by atoms with Crippen LogP contribution in [-0.4, -0.2) is 11.8 Å². The van der Waals surface area contributed by atoms with Gasteiger partial charge in [0.15, 0.2) is 0 Å². The Labute approximate surface area is 102 Å². The number of hydrogen-bond donors (Lipinski definition) is 1. The lowest BCUT2D eigenvalue weighted by Crippen LogP contribution is -2.25. The summed E-state index contributed by atoms with van der Waals surface area (Å²) in [6, 6.07) is 5.62. The second-order valence-electron chi connectivity index (χ2n) is 3.65. The second-order valence-corrected chi connectivity index (χ2v) is 5.70. The summed E-state index contributed by atoms with van der Waals surface area (Å²) < 4.78 is 14.5. The van der Waals surface area contributed by atoms with E-state index < -0.39 is 0 Å². The molecule has 1 aromatic carbocycles. The van der Waals surface area contributed by atoms with Gasteiger partial charge in [-0.3, -0.25) is 5.32 Å². The van der Waals surface area contributed by atoms with Crippen LogP contribution in [0.5, 0.6) is 0 Å². The molecule has 1 aliphatic heterocycles. The molecular formula is C11H13BrFNS. The minimum atomic E-state index is -0.125. The van der Waals surface area contributed by atoms with Crippen molar-refractivity contribution in [3.8, 4) is 0 Å². The molecule has 0 spiro atoms. The van der Waals surface area contributed by atoms with Crippen LogP contribution in [-0.2, 0) is 0 Å². The van der Waals surface area contributed by atoms with E-state index in [1.807, 2.05) is 6.07 Å². The molecule has 0 bridgehead atoms. The molecule has 1 heterocycles. The van der Waals surface area contributed by atoms with Crippen molar-refractivity contribution < 1.29 is 4.39 Å². The molecule has 2 unspecified atom stereocenters. The van der Waals surface area contributed by atoms with Gasteiger partial charge in [0.2, 0.25) is 0 Å². The van der Waals surface area contributed by atoms with Crippen molar-refractivity contribution in [2.45, 2.75) is 24.8 Å². The van der Waals surface area contributed by atoms with E-state index in [4.69, 9.17) is 0 Å². The smallest absolute Gasteiger partial charge is 0.128 e. The zero-order chi connectivity index (χ0) is 10.8. The highest BCUT2D eigenvalue weighted by Crippen LogP contribution is 2.35. The lowest BCUT2D eigenvalue weighted by Gasteiger charge is -2.13. The van der Waals surface area contributed by atoms with Crippen LogP contribution < -0.4 is 5.32 Å². The fourth-order valence-electron chi connectivity index (χ4n) is 1.65. The second kappa shape index (κ2) is 4.85. The van der Waals surface area contributed by atoms with Crippen molar-refractivity contribution in [2.75, 3.05) is 5.75 Å². The first-order chi connectivity index (χ1) is 7.20. The molecule has 1 nitrogen and oxygen atoms in total. The van der Waals surface area contributed by atoms with Crippen LogP contribution in [0.2, 0.25) is 0 Å². The summed E-state index contributed by atoms with van der Waals surface area (Å²) in [6.45, 7) is 2.15. The van der Waals surface area contributed by atoms with E-state index in [2.05, 4.69) is 28.2 Å². The number of rotatable bonds is 2. The maximum Gasteiger partial charge on any atom is 0.128 e. The summed E-state index contributed by atoms with van der Waals surface area (Å²) in [7, 11) is 0. The summed E-state index contributed by atoms with van der Waals surface area (Å²) in [4.78, 5) is 0. The number of hydrogen-bond acceptors (Lipinski definition) is 2. The summed E-state index contributed by atoms with van der Waals surface area (Å²) in [5.41, 5.74) is 0.755. The van der Waals surface area contributed by atoms with Crippen LogP contribution in [0, 0.1) is 5.82 Å². The highest BCUT2D eigenvalue weighted by Gasteiger charge is 2.26. The zero-order valence-corrected chi connectivity index (χ0v) is 10.9. The van der Waals surface area contributed by atoms with Crippen molar-refractivity contribution in [1.29, 1.82) is 0 Å². The lowest BCUT2D eigenvalue weighted by molar-refractivity contribution is 0.538. The Morgan fingerprint density at radius 1 is 1.60 bits per heavy atom. The predicted molar refractivity (Wildman–Crippen MR) is 66.5 cm³/mol. The maximum atomic E-state index is 13.6. The summed E-state index contributed by atoms with van der Waals surface area (Å²) in [5.74, 6) is 0.938. The van der Waals surface area contributed by atoms with E-state index in [1.165, 1.54) is 6.07 Å².